The first-order valence-corrected chi connectivity index (χ1v) is 7.30. The monoisotopic (exact) mass is 273 g/mol. The van der Waals surface area contributed by atoms with Gasteiger partial charge in [0.2, 0.25) is 0 Å². The molecule has 19 heavy (non-hydrogen) atoms. The molecule has 0 heterocycles. The van der Waals surface area contributed by atoms with Crippen LogP contribution in [0.25, 0.3) is 0 Å². The lowest BCUT2D eigenvalue weighted by Crippen LogP contribution is -2.53. The summed E-state index contributed by atoms with van der Waals surface area (Å²) in [4.78, 5) is 12.1. The first-order valence-electron chi connectivity index (χ1n) is 7.30. The van der Waals surface area contributed by atoms with E-state index < -0.39 is 5.54 Å². The van der Waals surface area contributed by atoms with Crippen LogP contribution in [-0.4, -0.2) is 36.4 Å². The minimum Gasteiger partial charge on any atom is -0.465 e. The smallest absolute Gasteiger partial charge is 0.326 e. The van der Waals surface area contributed by atoms with Gasteiger partial charge in [-0.15, -0.1) is 0 Å². The number of ether oxygens (including phenoxy) is 2. The lowest BCUT2D eigenvalue weighted by atomic mass is 9.94. The first kappa shape index (κ1) is 18.4. The third kappa shape index (κ3) is 6.39. The van der Waals surface area contributed by atoms with Gasteiger partial charge >= 0.3 is 5.97 Å². The summed E-state index contributed by atoms with van der Waals surface area (Å²) in [7, 11) is 0. The first-order chi connectivity index (χ1) is 8.70. The molecule has 0 aliphatic heterocycles. The van der Waals surface area contributed by atoms with Gasteiger partial charge in [-0.2, -0.15) is 0 Å². The minimum absolute atomic E-state index is 0.0107. The van der Waals surface area contributed by atoms with E-state index in [-0.39, 0.29) is 17.7 Å². The molecule has 0 radical (unpaired) electrons. The van der Waals surface area contributed by atoms with Crippen molar-refractivity contribution < 1.29 is 14.3 Å². The molecule has 0 aromatic carbocycles. The number of likely N-dealkylation sites (N-methyl/N-ethyl adjacent to an activating group) is 1. The molecule has 4 heteroatoms. The molecule has 0 fully saturated rings. The molecule has 4 nitrogen and oxygen atoms in total. The Labute approximate surface area is 118 Å². The molecule has 1 N–H and O–H groups in total. The molecular weight excluding hydrogens is 242 g/mol. The zero-order valence-electron chi connectivity index (χ0n) is 13.6. The van der Waals surface area contributed by atoms with Crippen LogP contribution in [0.5, 0.6) is 0 Å². The van der Waals surface area contributed by atoms with E-state index in [0.717, 1.165) is 13.0 Å². The summed E-state index contributed by atoms with van der Waals surface area (Å²) in [6.45, 7) is 15.1. The van der Waals surface area contributed by atoms with Crippen molar-refractivity contribution in [3.05, 3.63) is 0 Å². The fourth-order valence-electron chi connectivity index (χ4n) is 2.15. The molecule has 2 unspecified atom stereocenters. The fraction of sp³-hybridized carbons (Fsp3) is 0.933. The molecule has 0 aromatic heterocycles. The van der Waals surface area contributed by atoms with E-state index in [1.165, 1.54) is 0 Å². The molecule has 0 bridgehead atoms. The summed E-state index contributed by atoms with van der Waals surface area (Å²) in [6.07, 6.45) is 1.53. The predicted octanol–water partition coefficient (Wildman–Crippen LogP) is 2.90. The molecule has 0 saturated carbocycles. The number of esters is 1. The maximum Gasteiger partial charge on any atom is 0.326 e. The molecule has 0 aromatic rings. The van der Waals surface area contributed by atoms with E-state index in [1.54, 1.807) is 0 Å². The Morgan fingerprint density at radius 3 is 2.21 bits per heavy atom. The van der Waals surface area contributed by atoms with Crippen LogP contribution in [0.3, 0.4) is 0 Å². The van der Waals surface area contributed by atoms with Gasteiger partial charge in [0.25, 0.3) is 0 Å². The lowest BCUT2D eigenvalue weighted by molar-refractivity contribution is -0.154. The molecular formula is C15H31NO3. The van der Waals surface area contributed by atoms with Crippen LogP contribution < -0.4 is 5.32 Å². The second-order valence-electron chi connectivity index (χ2n) is 5.83. The second-order valence-corrected chi connectivity index (χ2v) is 5.83. The van der Waals surface area contributed by atoms with Crippen LogP contribution in [0.4, 0.5) is 0 Å². The summed E-state index contributed by atoms with van der Waals surface area (Å²) >= 11 is 0. The minimum atomic E-state index is -0.687. The van der Waals surface area contributed by atoms with Crippen molar-refractivity contribution in [3.63, 3.8) is 0 Å². The highest BCUT2D eigenvalue weighted by atomic mass is 16.5. The Kier molecular flexibility index (Phi) is 7.60. The van der Waals surface area contributed by atoms with Gasteiger partial charge in [-0.05, 0) is 47.6 Å². The highest BCUT2D eigenvalue weighted by Gasteiger charge is 2.36. The maximum absolute atomic E-state index is 12.1. The van der Waals surface area contributed by atoms with Crippen LogP contribution in [0, 0.1) is 0 Å². The number of hydrogen-bond donors (Lipinski definition) is 1. The van der Waals surface area contributed by atoms with Crippen molar-refractivity contribution >= 4 is 5.97 Å². The second kappa shape index (κ2) is 7.85. The van der Waals surface area contributed by atoms with E-state index in [0.29, 0.717) is 13.0 Å². The summed E-state index contributed by atoms with van der Waals surface area (Å²) in [5.74, 6) is -0.207. The Hall–Kier alpha value is -0.610. The van der Waals surface area contributed by atoms with Gasteiger partial charge in [-0.25, -0.2) is 0 Å². The van der Waals surface area contributed by atoms with Crippen LogP contribution in [0.2, 0.25) is 0 Å². The summed E-state index contributed by atoms with van der Waals surface area (Å²) in [6, 6.07) is 0. The molecule has 0 aliphatic rings. The van der Waals surface area contributed by atoms with E-state index in [4.69, 9.17) is 9.47 Å². The summed E-state index contributed by atoms with van der Waals surface area (Å²) in [5, 5.41) is 3.22. The van der Waals surface area contributed by atoms with Crippen LogP contribution >= 0.6 is 0 Å². The van der Waals surface area contributed by atoms with Gasteiger partial charge < -0.3 is 14.8 Å². The number of carbonyl (C=O) groups excluding carboxylic acids is 1. The van der Waals surface area contributed by atoms with Crippen LogP contribution in [0.15, 0.2) is 0 Å². The number of carbonyl (C=O) groups is 1. The zero-order chi connectivity index (χ0) is 15.1. The third-order valence-corrected chi connectivity index (χ3v) is 3.36. The number of hydrogen-bond acceptors (Lipinski definition) is 4. The quantitative estimate of drug-likeness (QED) is 0.656. The largest absolute Gasteiger partial charge is 0.465 e. The zero-order valence-corrected chi connectivity index (χ0v) is 13.6. The van der Waals surface area contributed by atoms with Crippen molar-refractivity contribution in [1.82, 2.24) is 5.32 Å². The molecule has 0 amide bonds. The van der Waals surface area contributed by atoms with Crippen molar-refractivity contribution in [2.24, 2.45) is 0 Å². The van der Waals surface area contributed by atoms with Crippen molar-refractivity contribution in [3.8, 4) is 0 Å². The Balaban J connectivity index is 4.69. The van der Waals surface area contributed by atoms with E-state index in [2.05, 4.69) is 26.1 Å². The van der Waals surface area contributed by atoms with Crippen LogP contribution in [-0.2, 0) is 14.3 Å². The lowest BCUT2D eigenvalue weighted by Gasteiger charge is -2.34. The van der Waals surface area contributed by atoms with Crippen molar-refractivity contribution in [2.45, 2.75) is 78.6 Å². The van der Waals surface area contributed by atoms with Gasteiger partial charge in [0, 0.05) is 6.42 Å². The molecule has 0 rings (SSSR count). The third-order valence-electron chi connectivity index (χ3n) is 3.36. The van der Waals surface area contributed by atoms with Gasteiger partial charge in [-0.3, -0.25) is 4.79 Å². The highest BCUT2D eigenvalue weighted by Crippen LogP contribution is 2.22. The van der Waals surface area contributed by atoms with Gasteiger partial charge in [0.1, 0.15) is 5.54 Å². The normalized spacial score (nSPS) is 16.8. The maximum atomic E-state index is 12.1. The Morgan fingerprint density at radius 1 is 1.21 bits per heavy atom. The van der Waals surface area contributed by atoms with E-state index in [1.807, 2.05) is 27.7 Å². The SMILES string of the molecule is CCNC(C)(CC(C)OC(C)(C)CC)C(=O)OCC. The topological polar surface area (TPSA) is 47.6 Å². The van der Waals surface area contributed by atoms with Gasteiger partial charge in [0.15, 0.2) is 0 Å². The molecule has 0 saturated heterocycles. The number of nitrogens with one attached hydrogen (secondary N) is 1. The predicted molar refractivity (Wildman–Crippen MR) is 78.2 cm³/mol. The van der Waals surface area contributed by atoms with Crippen molar-refractivity contribution in [1.29, 1.82) is 0 Å². The average molecular weight is 273 g/mol. The van der Waals surface area contributed by atoms with E-state index >= 15 is 0 Å². The molecule has 0 spiro atoms. The molecule has 114 valence electrons. The molecule has 0 aliphatic carbocycles. The van der Waals surface area contributed by atoms with Crippen LogP contribution in [0.1, 0.15) is 61.3 Å². The van der Waals surface area contributed by atoms with E-state index in [9.17, 15) is 4.79 Å². The van der Waals surface area contributed by atoms with Crippen molar-refractivity contribution in [2.75, 3.05) is 13.2 Å². The summed E-state index contributed by atoms with van der Waals surface area (Å²) in [5.41, 5.74) is -0.852. The average Bonchev–Trinajstić information content (AvgIpc) is 2.28. The standard InChI is InChI=1S/C15H31NO3/c1-8-14(5,6)19-12(4)11-15(7,16-9-2)13(17)18-10-3/h12,16H,8-11H2,1-7H3. The summed E-state index contributed by atoms with van der Waals surface area (Å²) < 4.78 is 11.2. The Morgan fingerprint density at radius 2 is 1.79 bits per heavy atom. The number of rotatable bonds is 9. The fourth-order valence-corrected chi connectivity index (χ4v) is 2.15. The van der Waals surface area contributed by atoms with Gasteiger partial charge in [-0.1, -0.05) is 13.8 Å². The highest BCUT2D eigenvalue weighted by molar-refractivity contribution is 5.80. The molecule has 2 atom stereocenters. The Bertz CT molecular complexity index is 279. The van der Waals surface area contributed by atoms with Gasteiger partial charge in [0.05, 0.1) is 18.3 Å².